The quantitative estimate of drug-likeness (QED) is 0.655. The SMILES string of the molecule is NC(=O)c1ccncc1NC(=O)c1nonc1N. The van der Waals surface area contributed by atoms with E-state index in [4.69, 9.17) is 11.5 Å². The summed E-state index contributed by atoms with van der Waals surface area (Å²) in [5.41, 5.74) is 10.6. The summed E-state index contributed by atoms with van der Waals surface area (Å²) in [6, 6.07) is 1.38. The van der Waals surface area contributed by atoms with Crippen LogP contribution in [0.15, 0.2) is 23.1 Å². The maximum atomic E-state index is 11.7. The predicted octanol–water partition coefficient (Wildman–Crippen LogP) is -0.602. The van der Waals surface area contributed by atoms with Gasteiger partial charge in [0.05, 0.1) is 17.4 Å². The van der Waals surface area contributed by atoms with Crippen LogP contribution in [0.1, 0.15) is 20.8 Å². The number of nitrogen functional groups attached to an aromatic ring is 1. The number of rotatable bonds is 3. The van der Waals surface area contributed by atoms with E-state index in [1.165, 1.54) is 18.5 Å². The van der Waals surface area contributed by atoms with Crippen molar-refractivity contribution in [1.29, 1.82) is 0 Å². The number of hydrogen-bond acceptors (Lipinski definition) is 7. The molecule has 0 aliphatic heterocycles. The van der Waals surface area contributed by atoms with Crippen molar-refractivity contribution in [3.05, 3.63) is 29.7 Å². The van der Waals surface area contributed by atoms with Gasteiger partial charge in [-0.3, -0.25) is 14.6 Å². The smallest absolute Gasteiger partial charge is 0.281 e. The van der Waals surface area contributed by atoms with Gasteiger partial charge in [0.25, 0.3) is 11.8 Å². The van der Waals surface area contributed by atoms with Crippen LogP contribution >= 0.6 is 0 Å². The number of nitrogens with one attached hydrogen (secondary N) is 1. The van der Waals surface area contributed by atoms with Crippen molar-refractivity contribution >= 4 is 23.3 Å². The molecule has 18 heavy (non-hydrogen) atoms. The Morgan fingerprint density at radius 3 is 2.72 bits per heavy atom. The highest BCUT2D eigenvalue weighted by Crippen LogP contribution is 2.14. The fraction of sp³-hybridized carbons (Fsp3) is 0. The largest absolute Gasteiger partial charge is 0.379 e. The van der Waals surface area contributed by atoms with Gasteiger partial charge in [-0.25, -0.2) is 4.63 Å². The molecule has 2 heterocycles. The van der Waals surface area contributed by atoms with E-state index in [9.17, 15) is 9.59 Å². The average Bonchev–Trinajstić information content (AvgIpc) is 2.76. The third-order valence-corrected chi connectivity index (χ3v) is 2.06. The second-order valence-corrected chi connectivity index (χ2v) is 3.24. The highest BCUT2D eigenvalue weighted by atomic mass is 16.6. The van der Waals surface area contributed by atoms with Crippen molar-refractivity contribution in [2.24, 2.45) is 5.73 Å². The van der Waals surface area contributed by atoms with Crippen LogP contribution in [0.25, 0.3) is 0 Å². The van der Waals surface area contributed by atoms with E-state index >= 15 is 0 Å². The van der Waals surface area contributed by atoms with E-state index in [0.29, 0.717) is 0 Å². The van der Waals surface area contributed by atoms with Crippen LogP contribution in [0, 0.1) is 0 Å². The second kappa shape index (κ2) is 4.49. The molecule has 0 saturated heterocycles. The predicted molar refractivity (Wildman–Crippen MR) is 59.4 cm³/mol. The molecule has 2 aromatic heterocycles. The Bertz CT molecular complexity index is 608. The van der Waals surface area contributed by atoms with Crippen molar-refractivity contribution in [3.8, 4) is 0 Å². The van der Waals surface area contributed by atoms with Crippen molar-refractivity contribution in [2.45, 2.75) is 0 Å². The molecule has 2 rings (SSSR count). The monoisotopic (exact) mass is 248 g/mol. The zero-order valence-corrected chi connectivity index (χ0v) is 8.95. The highest BCUT2D eigenvalue weighted by molar-refractivity contribution is 6.09. The average molecular weight is 248 g/mol. The minimum atomic E-state index is -0.695. The van der Waals surface area contributed by atoms with Crippen molar-refractivity contribution < 1.29 is 14.2 Å². The summed E-state index contributed by atoms with van der Waals surface area (Å²) in [5, 5.41) is 8.98. The fourth-order valence-electron chi connectivity index (χ4n) is 1.24. The van der Waals surface area contributed by atoms with Crippen LogP contribution < -0.4 is 16.8 Å². The van der Waals surface area contributed by atoms with Crippen molar-refractivity contribution in [1.82, 2.24) is 15.3 Å². The molecular weight excluding hydrogens is 240 g/mol. The number of hydrogen-bond donors (Lipinski definition) is 3. The molecule has 0 aliphatic carbocycles. The lowest BCUT2D eigenvalue weighted by molar-refractivity contribution is 0.100. The fourth-order valence-corrected chi connectivity index (χ4v) is 1.24. The standard InChI is InChI=1S/C9H8N6O3/c10-7-6(14-18-15-7)9(17)13-5-3-12-2-1-4(5)8(11)16/h1-3H,(H2,10,15)(H2,11,16)(H,13,17). The Morgan fingerprint density at radius 1 is 1.33 bits per heavy atom. The van der Waals surface area contributed by atoms with Gasteiger partial charge in [0.1, 0.15) is 0 Å². The van der Waals surface area contributed by atoms with E-state index in [1.807, 2.05) is 0 Å². The van der Waals surface area contributed by atoms with Crippen LogP contribution in [-0.4, -0.2) is 27.1 Å². The lowest BCUT2D eigenvalue weighted by Gasteiger charge is -2.06. The molecule has 92 valence electrons. The molecule has 0 bridgehead atoms. The van der Waals surface area contributed by atoms with Crippen LogP contribution in [0.4, 0.5) is 11.5 Å². The number of amides is 2. The number of primary amides is 1. The molecule has 0 fully saturated rings. The lowest BCUT2D eigenvalue weighted by Crippen LogP contribution is -2.19. The minimum absolute atomic E-state index is 0.119. The molecule has 0 spiro atoms. The second-order valence-electron chi connectivity index (χ2n) is 3.24. The van der Waals surface area contributed by atoms with Gasteiger partial charge in [0.2, 0.25) is 11.5 Å². The summed E-state index contributed by atoms with van der Waals surface area (Å²) < 4.78 is 4.29. The Morgan fingerprint density at radius 2 is 2.11 bits per heavy atom. The van der Waals surface area contributed by atoms with Crippen LogP contribution in [0.2, 0.25) is 0 Å². The molecule has 0 aromatic carbocycles. The van der Waals surface area contributed by atoms with Crippen molar-refractivity contribution in [2.75, 3.05) is 11.1 Å². The lowest BCUT2D eigenvalue weighted by atomic mass is 10.2. The number of carbonyl (C=O) groups excluding carboxylic acids is 2. The number of nitrogens with two attached hydrogens (primary N) is 2. The third kappa shape index (κ3) is 2.09. The first kappa shape index (κ1) is 11.5. The number of anilines is 2. The molecule has 0 unspecified atom stereocenters. The van der Waals surface area contributed by atoms with Gasteiger partial charge in [-0.15, -0.1) is 0 Å². The summed E-state index contributed by atoms with van der Waals surface area (Å²) in [6.45, 7) is 0. The number of carbonyl (C=O) groups is 2. The van der Waals surface area contributed by atoms with E-state index in [1.54, 1.807) is 0 Å². The Kier molecular flexibility index (Phi) is 2.87. The van der Waals surface area contributed by atoms with Gasteiger partial charge in [0, 0.05) is 6.20 Å². The first-order chi connectivity index (χ1) is 8.59. The molecule has 0 aliphatic rings. The normalized spacial score (nSPS) is 10.0. The maximum absolute atomic E-state index is 11.7. The topological polar surface area (TPSA) is 150 Å². The Balaban J connectivity index is 2.28. The molecular formula is C9H8N6O3. The molecule has 9 nitrogen and oxygen atoms in total. The Labute approximate surface area is 100 Å². The van der Waals surface area contributed by atoms with Gasteiger partial charge in [-0.1, -0.05) is 0 Å². The minimum Gasteiger partial charge on any atom is -0.379 e. The molecule has 0 atom stereocenters. The van der Waals surface area contributed by atoms with Crippen LogP contribution in [-0.2, 0) is 0 Å². The van der Waals surface area contributed by atoms with E-state index in [2.05, 4.69) is 25.2 Å². The van der Waals surface area contributed by atoms with E-state index in [-0.39, 0.29) is 22.8 Å². The summed E-state index contributed by atoms with van der Waals surface area (Å²) in [5.74, 6) is -1.53. The van der Waals surface area contributed by atoms with Gasteiger partial charge < -0.3 is 16.8 Å². The number of nitrogens with zero attached hydrogens (tertiary/aromatic N) is 3. The molecule has 2 aromatic rings. The Hall–Kier alpha value is -2.97. The molecule has 5 N–H and O–H groups in total. The molecule has 0 saturated carbocycles. The zero-order chi connectivity index (χ0) is 13.1. The van der Waals surface area contributed by atoms with Gasteiger partial charge in [-0.2, -0.15) is 0 Å². The summed E-state index contributed by atoms with van der Waals surface area (Å²) in [6.07, 6.45) is 2.66. The van der Waals surface area contributed by atoms with Gasteiger partial charge >= 0.3 is 0 Å². The third-order valence-electron chi connectivity index (χ3n) is 2.06. The first-order valence-electron chi connectivity index (χ1n) is 4.73. The highest BCUT2D eigenvalue weighted by Gasteiger charge is 2.18. The summed E-state index contributed by atoms with van der Waals surface area (Å²) in [4.78, 5) is 26.6. The van der Waals surface area contributed by atoms with Crippen LogP contribution in [0.5, 0.6) is 0 Å². The number of aromatic nitrogens is 3. The molecule has 9 heteroatoms. The van der Waals surface area contributed by atoms with E-state index in [0.717, 1.165) is 0 Å². The van der Waals surface area contributed by atoms with E-state index < -0.39 is 11.8 Å². The zero-order valence-electron chi connectivity index (χ0n) is 8.95. The number of pyridine rings is 1. The first-order valence-corrected chi connectivity index (χ1v) is 4.73. The van der Waals surface area contributed by atoms with Crippen molar-refractivity contribution in [3.63, 3.8) is 0 Å². The van der Waals surface area contributed by atoms with Gasteiger partial charge in [0.15, 0.2) is 0 Å². The molecule has 0 radical (unpaired) electrons. The molecule has 2 amide bonds. The van der Waals surface area contributed by atoms with Crippen LogP contribution in [0.3, 0.4) is 0 Å². The summed E-state index contributed by atoms with van der Waals surface area (Å²) >= 11 is 0. The maximum Gasteiger partial charge on any atom is 0.281 e. The summed E-state index contributed by atoms with van der Waals surface area (Å²) in [7, 11) is 0. The van der Waals surface area contributed by atoms with Gasteiger partial charge in [-0.05, 0) is 16.4 Å².